The first-order valence-electron chi connectivity index (χ1n) is 6.22. The van der Waals surface area contributed by atoms with Crippen LogP contribution in [0, 0.1) is 0 Å². The van der Waals surface area contributed by atoms with Gasteiger partial charge in [0.15, 0.2) is 0 Å². The van der Waals surface area contributed by atoms with Crippen LogP contribution < -0.4 is 10.5 Å². The van der Waals surface area contributed by atoms with Crippen molar-refractivity contribution in [1.82, 2.24) is 4.98 Å². The number of benzene rings is 1. The van der Waals surface area contributed by atoms with Gasteiger partial charge in [-0.15, -0.1) is 11.3 Å². The Morgan fingerprint density at radius 1 is 1.33 bits per heavy atom. The largest absolute Gasteiger partial charge is 0.486 e. The number of primary amides is 1. The van der Waals surface area contributed by atoms with Gasteiger partial charge in [-0.1, -0.05) is 12.1 Å². The van der Waals surface area contributed by atoms with Crippen LogP contribution >= 0.6 is 11.3 Å². The molecule has 2 heterocycles. The highest BCUT2D eigenvalue weighted by Gasteiger charge is 2.10. The number of amides is 1. The van der Waals surface area contributed by atoms with Crippen molar-refractivity contribution in [2.75, 3.05) is 0 Å². The molecule has 0 bridgehead atoms. The molecule has 0 spiro atoms. The third kappa shape index (κ3) is 2.95. The van der Waals surface area contributed by atoms with Crippen molar-refractivity contribution in [1.29, 1.82) is 0 Å². The van der Waals surface area contributed by atoms with Gasteiger partial charge in [-0.2, -0.15) is 0 Å². The summed E-state index contributed by atoms with van der Waals surface area (Å²) in [6.45, 7) is 0.276. The normalized spacial score (nSPS) is 10.5. The fourth-order valence-electron chi connectivity index (χ4n) is 1.84. The summed E-state index contributed by atoms with van der Waals surface area (Å²) in [5, 5.41) is 2.78. The van der Waals surface area contributed by atoms with E-state index in [1.165, 1.54) is 11.3 Å². The Kier molecular flexibility index (Phi) is 3.70. The number of nitrogens with zero attached hydrogens (tertiary/aromatic N) is 1. The van der Waals surface area contributed by atoms with E-state index >= 15 is 0 Å². The number of nitrogens with two attached hydrogens (primary N) is 1. The summed E-state index contributed by atoms with van der Waals surface area (Å²) in [6, 6.07) is 8.73. The van der Waals surface area contributed by atoms with E-state index in [2.05, 4.69) is 4.98 Å². The Balaban J connectivity index is 1.73. The van der Waals surface area contributed by atoms with Crippen LogP contribution in [0.25, 0.3) is 10.6 Å². The maximum absolute atomic E-state index is 11.3. The quantitative estimate of drug-likeness (QED) is 0.785. The van der Waals surface area contributed by atoms with E-state index in [9.17, 15) is 4.79 Å². The summed E-state index contributed by atoms with van der Waals surface area (Å²) in [5.41, 5.74) is 7.39. The highest BCUT2D eigenvalue weighted by Crippen LogP contribution is 2.25. The average molecular weight is 300 g/mol. The molecule has 0 fully saturated rings. The molecule has 0 atom stereocenters. The SMILES string of the molecule is NC(=O)c1ccccc1OCc1csc(-c2ccoc2)n1. The van der Waals surface area contributed by atoms with Crippen LogP contribution in [0.3, 0.4) is 0 Å². The van der Waals surface area contributed by atoms with Gasteiger partial charge in [-0.3, -0.25) is 4.79 Å². The van der Waals surface area contributed by atoms with Crippen molar-refractivity contribution < 1.29 is 13.9 Å². The monoisotopic (exact) mass is 300 g/mol. The Labute approximate surface area is 125 Å². The minimum atomic E-state index is -0.511. The number of aromatic nitrogens is 1. The van der Waals surface area contributed by atoms with Gasteiger partial charge in [0, 0.05) is 10.9 Å². The van der Waals surface area contributed by atoms with E-state index in [1.54, 1.807) is 36.8 Å². The topological polar surface area (TPSA) is 78.4 Å². The third-order valence-corrected chi connectivity index (χ3v) is 3.79. The molecule has 6 heteroatoms. The molecular weight excluding hydrogens is 288 g/mol. The van der Waals surface area contributed by atoms with Crippen LogP contribution in [0.4, 0.5) is 0 Å². The summed E-state index contributed by atoms with van der Waals surface area (Å²) in [6.07, 6.45) is 3.25. The van der Waals surface area contributed by atoms with Gasteiger partial charge in [-0.25, -0.2) is 4.98 Å². The zero-order chi connectivity index (χ0) is 14.7. The predicted molar refractivity (Wildman–Crippen MR) is 79.1 cm³/mol. The van der Waals surface area contributed by atoms with Gasteiger partial charge in [0.1, 0.15) is 23.6 Å². The second kappa shape index (κ2) is 5.80. The smallest absolute Gasteiger partial charge is 0.252 e. The second-order valence-electron chi connectivity index (χ2n) is 4.31. The van der Waals surface area contributed by atoms with Crippen LogP contribution in [0.1, 0.15) is 16.1 Å². The Morgan fingerprint density at radius 3 is 2.95 bits per heavy atom. The molecule has 3 rings (SSSR count). The summed E-state index contributed by atoms with van der Waals surface area (Å²) in [7, 11) is 0. The summed E-state index contributed by atoms with van der Waals surface area (Å²) >= 11 is 1.51. The lowest BCUT2D eigenvalue weighted by atomic mass is 10.2. The summed E-state index contributed by atoms with van der Waals surface area (Å²) in [4.78, 5) is 15.8. The molecular formula is C15H12N2O3S. The van der Waals surface area contributed by atoms with Crippen LogP contribution in [-0.4, -0.2) is 10.9 Å². The van der Waals surface area contributed by atoms with Crippen molar-refractivity contribution >= 4 is 17.2 Å². The number of rotatable bonds is 5. The van der Waals surface area contributed by atoms with E-state index < -0.39 is 5.91 Å². The molecule has 106 valence electrons. The Morgan fingerprint density at radius 2 is 2.19 bits per heavy atom. The van der Waals surface area contributed by atoms with E-state index in [4.69, 9.17) is 14.9 Å². The summed E-state index contributed by atoms with van der Waals surface area (Å²) in [5.74, 6) is -0.0502. The first kappa shape index (κ1) is 13.4. The van der Waals surface area contributed by atoms with Gasteiger partial charge in [0.2, 0.25) is 0 Å². The number of hydrogen-bond donors (Lipinski definition) is 1. The molecule has 5 nitrogen and oxygen atoms in total. The minimum absolute atomic E-state index is 0.276. The van der Waals surface area contributed by atoms with Gasteiger partial charge in [0.25, 0.3) is 5.91 Å². The molecule has 1 amide bonds. The lowest BCUT2D eigenvalue weighted by molar-refractivity contribution is 0.0996. The molecule has 0 aliphatic heterocycles. The Hall–Kier alpha value is -2.60. The number of carbonyl (C=O) groups is 1. The van der Waals surface area contributed by atoms with E-state index in [-0.39, 0.29) is 6.61 Å². The van der Waals surface area contributed by atoms with E-state index in [0.717, 1.165) is 16.3 Å². The lowest BCUT2D eigenvalue weighted by Gasteiger charge is -2.07. The molecule has 0 aliphatic rings. The van der Waals surface area contributed by atoms with Gasteiger partial charge >= 0.3 is 0 Å². The van der Waals surface area contributed by atoms with Crippen molar-refractivity contribution in [3.63, 3.8) is 0 Å². The van der Waals surface area contributed by atoms with Crippen molar-refractivity contribution in [2.45, 2.75) is 6.61 Å². The van der Waals surface area contributed by atoms with Crippen LogP contribution in [-0.2, 0) is 6.61 Å². The third-order valence-electron chi connectivity index (χ3n) is 2.85. The van der Waals surface area contributed by atoms with Crippen molar-refractivity contribution in [3.05, 3.63) is 59.5 Å². The maximum Gasteiger partial charge on any atom is 0.252 e. The average Bonchev–Trinajstić information content (AvgIpc) is 3.16. The molecule has 21 heavy (non-hydrogen) atoms. The molecule has 1 aromatic carbocycles. The number of thiazole rings is 1. The van der Waals surface area contributed by atoms with Crippen molar-refractivity contribution in [2.24, 2.45) is 5.73 Å². The second-order valence-corrected chi connectivity index (χ2v) is 5.16. The lowest BCUT2D eigenvalue weighted by Crippen LogP contribution is -2.12. The highest BCUT2D eigenvalue weighted by molar-refractivity contribution is 7.13. The van der Waals surface area contributed by atoms with Crippen LogP contribution in [0.15, 0.2) is 52.7 Å². The minimum Gasteiger partial charge on any atom is -0.486 e. The molecule has 0 saturated carbocycles. The molecule has 2 N–H and O–H groups in total. The number of furan rings is 1. The number of ether oxygens (including phenoxy) is 1. The zero-order valence-electron chi connectivity index (χ0n) is 11.0. The molecule has 0 radical (unpaired) electrons. The van der Waals surface area contributed by atoms with Crippen LogP contribution in [0.2, 0.25) is 0 Å². The fraction of sp³-hybridized carbons (Fsp3) is 0.0667. The maximum atomic E-state index is 11.3. The first-order chi connectivity index (χ1) is 10.2. The zero-order valence-corrected chi connectivity index (χ0v) is 11.8. The van der Waals surface area contributed by atoms with Crippen molar-refractivity contribution in [3.8, 4) is 16.3 Å². The summed E-state index contributed by atoms with van der Waals surface area (Å²) < 4.78 is 10.7. The number of hydrogen-bond acceptors (Lipinski definition) is 5. The Bertz CT molecular complexity index is 750. The predicted octanol–water partition coefficient (Wildman–Crippen LogP) is 3.08. The van der Waals surface area contributed by atoms with Gasteiger partial charge < -0.3 is 14.9 Å². The number of carbonyl (C=O) groups excluding carboxylic acids is 1. The van der Waals surface area contributed by atoms with E-state index in [0.29, 0.717) is 11.3 Å². The molecule has 0 saturated heterocycles. The molecule has 0 aliphatic carbocycles. The van der Waals surface area contributed by atoms with Gasteiger partial charge in [0.05, 0.1) is 17.5 Å². The fourth-order valence-corrected chi connectivity index (χ4v) is 2.63. The number of para-hydroxylation sites is 1. The standard InChI is InChI=1S/C15H12N2O3S/c16-14(18)12-3-1-2-4-13(12)20-8-11-9-21-15(17-11)10-5-6-19-7-10/h1-7,9H,8H2,(H2,16,18). The highest BCUT2D eigenvalue weighted by atomic mass is 32.1. The van der Waals surface area contributed by atoms with E-state index in [1.807, 2.05) is 11.4 Å². The molecule has 2 aromatic heterocycles. The van der Waals surface area contributed by atoms with Crippen LogP contribution in [0.5, 0.6) is 5.75 Å². The molecule has 0 unspecified atom stereocenters. The molecule has 3 aromatic rings. The first-order valence-corrected chi connectivity index (χ1v) is 7.10. The van der Waals surface area contributed by atoms with Gasteiger partial charge in [-0.05, 0) is 18.2 Å².